The van der Waals surface area contributed by atoms with Crippen LogP contribution in [0.3, 0.4) is 0 Å². The summed E-state index contributed by atoms with van der Waals surface area (Å²) in [5.41, 5.74) is 6.96. The van der Waals surface area contributed by atoms with E-state index in [0.717, 1.165) is 11.4 Å². The Kier molecular flexibility index (Phi) is 4.57. The molecule has 17 heavy (non-hydrogen) atoms. The molecule has 0 spiro atoms. The molecule has 3 nitrogen and oxygen atoms in total. The number of methoxy groups -OCH3 is 1. The molecule has 1 aromatic rings. The minimum atomic E-state index is 0.372. The zero-order chi connectivity index (χ0) is 12.1. The Morgan fingerprint density at radius 1 is 1.59 bits per heavy atom. The third-order valence-electron chi connectivity index (χ3n) is 3.21. The van der Waals surface area contributed by atoms with E-state index in [9.17, 15) is 0 Å². The fourth-order valence-electron chi connectivity index (χ4n) is 2.17. The second kappa shape index (κ2) is 6.17. The molecule has 94 valence electrons. The summed E-state index contributed by atoms with van der Waals surface area (Å²) in [6.07, 6.45) is 1.27. The highest BCUT2D eigenvalue weighted by molar-refractivity contribution is 7.99. The van der Waals surface area contributed by atoms with Crippen LogP contribution in [0.4, 0.5) is 5.69 Å². The van der Waals surface area contributed by atoms with E-state index < -0.39 is 0 Å². The number of anilines is 1. The molecule has 0 bridgehead atoms. The van der Waals surface area contributed by atoms with Crippen LogP contribution in [0.2, 0.25) is 0 Å². The Bertz CT molecular complexity index is 353. The van der Waals surface area contributed by atoms with Crippen LogP contribution in [0.5, 0.6) is 5.75 Å². The van der Waals surface area contributed by atoms with Crippen molar-refractivity contribution in [2.24, 2.45) is 11.7 Å². The summed E-state index contributed by atoms with van der Waals surface area (Å²) in [6.45, 7) is 0.683. The summed E-state index contributed by atoms with van der Waals surface area (Å²) in [5.74, 6) is 4.06. The van der Waals surface area contributed by atoms with E-state index in [4.69, 9.17) is 10.5 Å². The van der Waals surface area contributed by atoms with Gasteiger partial charge in [-0.05, 0) is 36.0 Å². The van der Waals surface area contributed by atoms with Crippen molar-refractivity contribution in [3.63, 3.8) is 0 Å². The SMILES string of the molecule is COc1cccc(NC(CN)C2CCSC2)c1. The van der Waals surface area contributed by atoms with Crippen LogP contribution in [0.1, 0.15) is 6.42 Å². The summed E-state index contributed by atoms with van der Waals surface area (Å²) in [4.78, 5) is 0. The lowest BCUT2D eigenvalue weighted by molar-refractivity contribution is 0.414. The van der Waals surface area contributed by atoms with E-state index in [-0.39, 0.29) is 0 Å². The van der Waals surface area contributed by atoms with Crippen molar-refractivity contribution in [1.82, 2.24) is 0 Å². The van der Waals surface area contributed by atoms with Gasteiger partial charge in [-0.3, -0.25) is 0 Å². The Labute approximate surface area is 107 Å². The predicted molar refractivity (Wildman–Crippen MR) is 74.9 cm³/mol. The standard InChI is InChI=1S/C13H20N2OS/c1-16-12-4-2-3-11(7-12)15-13(8-14)10-5-6-17-9-10/h2-4,7,10,13,15H,5-6,8-9,14H2,1H3. The van der Waals surface area contributed by atoms with Gasteiger partial charge in [-0.25, -0.2) is 0 Å². The van der Waals surface area contributed by atoms with Gasteiger partial charge < -0.3 is 15.8 Å². The van der Waals surface area contributed by atoms with E-state index in [1.54, 1.807) is 7.11 Å². The fourth-order valence-corrected chi connectivity index (χ4v) is 3.50. The Hall–Kier alpha value is -0.870. The molecule has 0 amide bonds. The first kappa shape index (κ1) is 12.6. The lowest BCUT2D eigenvalue weighted by Gasteiger charge is -2.24. The average molecular weight is 252 g/mol. The first-order chi connectivity index (χ1) is 8.33. The zero-order valence-corrected chi connectivity index (χ0v) is 11.0. The Balaban J connectivity index is 2.01. The van der Waals surface area contributed by atoms with Gasteiger partial charge in [-0.15, -0.1) is 0 Å². The molecular formula is C13H20N2OS. The lowest BCUT2D eigenvalue weighted by Crippen LogP contribution is -2.36. The molecule has 1 fully saturated rings. The van der Waals surface area contributed by atoms with Crippen LogP contribution in [-0.2, 0) is 0 Å². The van der Waals surface area contributed by atoms with Crippen LogP contribution in [0.25, 0.3) is 0 Å². The van der Waals surface area contributed by atoms with Crippen molar-refractivity contribution < 1.29 is 4.74 Å². The highest BCUT2D eigenvalue weighted by Crippen LogP contribution is 2.28. The molecular weight excluding hydrogens is 232 g/mol. The topological polar surface area (TPSA) is 47.3 Å². The summed E-state index contributed by atoms with van der Waals surface area (Å²) in [6, 6.07) is 8.40. The summed E-state index contributed by atoms with van der Waals surface area (Å²) in [5, 5.41) is 3.53. The van der Waals surface area contributed by atoms with E-state index >= 15 is 0 Å². The number of thioether (sulfide) groups is 1. The van der Waals surface area contributed by atoms with Gasteiger partial charge in [0.15, 0.2) is 0 Å². The van der Waals surface area contributed by atoms with Crippen LogP contribution < -0.4 is 15.8 Å². The highest BCUT2D eigenvalue weighted by Gasteiger charge is 2.24. The fraction of sp³-hybridized carbons (Fsp3) is 0.538. The largest absolute Gasteiger partial charge is 0.497 e. The van der Waals surface area contributed by atoms with Gasteiger partial charge in [-0.2, -0.15) is 11.8 Å². The maximum Gasteiger partial charge on any atom is 0.120 e. The Morgan fingerprint density at radius 2 is 2.47 bits per heavy atom. The molecule has 0 saturated carbocycles. The van der Waals surface area contributed by atoms with Gasteiger partial charge in [0.05, 0.1) is 7.11 Å². The molecule has 2 unspecified atom stereocenters. The summed E-state index contributed by atoms with van der Waals surface area (Å²) in [7, 11) is 1.69. The number of rotatable bonds is 5. The molecule has 1 saturated heterocycles. The number of benzene rings is 1. The number of ether oxygens (including phenoxy) is 1. The van der Waals surface area contributed by atoms with Crippen molar-refractivity contribution in [2.45, 2.75) is 12.5 Å². The van der Waals surface area contributed by atoms with Crippen LogP contribution in [0.15, 0.2) is 24.3 Å². The second-order valence-corrected chi connectivity index (χ2v) is 5.49. The van der Waals surface area contributed by atoms with Crippen molar-refractivity contribution in [3.05, 3.63) is 24.3 Å². The normalized spacial score (nSPS) is 21.2. The maximum absolute atomic E-state index is 5.87. The molecule has 1 aromatic carbocycles. The van der Waals surface area contributed by atoms with E-state index in [2.05, 4.69) is 11.4 Å². The molecule has 1 heterocycles. The van der Waals surface area contributed by atoms with Crippen molar-refractivity contribution >= 4 is 17.4 Å². The molecule has 0 aromatic heterocycles. The zero-order valence-electron chi connectivity index (χ0n) is 10.2. The van der Waals surface area contributed by atoms with Crippen LogP contribution in [-0.4, -0.2) is 31.2 Å². The quantitative estimate of drug-likeness (QED) is 0.843. The molecule has 0 radical (unpaired) electrons. The predicted octanol–water partition coefficient (Wildman–Crippen LogP) is 2.19. The monoisotopic (exact) mass is 252 g/mol. The van der Waals surface area contributed by atoms with E-state index in [1.807, 2.05) is 30.0 Å². The highest BCUT2D eigenvalue weighted by atomic mass is 32.2. The van der Waals surface area contributed by atoms with Gasteiger partial charge >= 0.3 is 0 Å². The van der Waals surface area contributed by atoms with Crippen LogP contribution >= 0.6 is 11.8 Å². The molecule has 4 heteroatoms. The number of nitrogens with two attached hydrogens (primary N) is 1. The minimum absolute atomic E-state index is 0.372. The van der Waals surface area contributed by atoms with Crippen LogP contribution in [0, 0.1) is 5.92 Å². The van der Waals surface area contributed by atoms with E-state index in [0.29, 0.717) is 18.5 Å². The lowest BCUT2D eigenvalue weighted by atomic mass is 9.99. The smallest absolute Gasteiger partial charge is 0.120 e. The molecule has 2 atom stereocenters. The Morgan fingerprint density at radius 3 is 3.12 bits per heavy atom. The molecule has 2 rings (SSSR count). The van der Waals surface area contributed by atoms with Gasteiger partial charge in [-0.1, -0.05) is 6.07 Å². The number of hydrogen-bond acceptors (Lipinski definition) is 4. The van der Waals surface area contributed by atoms with Crippen molar-refractivity contribution in [1.29, 1.82) is 0 Å². The average Bonchev–Trinajstić information content (AvgIpc) is 2.90. The molecule has 1 aliphatic heterocycles. The molecule has 0 aliphatic carbocycles. The number of nitrogens with one attached hydrogen (secondary N) is 1. The van der Waals surface area contributed by atoms with Crippen molar-refractivity contribution in [3.8, 4) is 5.75 Å². The van der Waals surface area contributed by atoms with Gasteiger partial charge in [0.1, 0.15) is 5.75 Å². The molecule has 3 N–H and O–H groups in total. The first-order valence-corrected chi connectivity index (χ1v) is 7.17. The first-order valence-electron chi connectivity index (χ1n) is 6.02. The van der Waals surface area contributed by atoms with Gasteiger partial charge in [0.25, 0.3) is 0 Å². The molecule has 1 aliphatic rings. The van der Waals surface area contributed by atoms with Gasteiger partial charge in [0, 0.05) is 24.3 Å². The second-order valence-electron chi connectivity index (χ2n) is 4.34. The summed E-state index contributed by atoms with van der Waals surface area (Å²) >= 11 is 2.02. The summed E-state index contributed by atoms with van der Waals surface area (Å²) < 4.78 is 5.22. The van der Waals surface area contributed by atoms with Gasteiger partial charge in [0.2, 0.25) is 0 Å². The third-order valence-corrected chi connectivity index (χ3v) is 4.40. The minimum Gasteiger partial charge on any atom is -0.497 e. The van der Waals surface area contributed by atoms with E-state index in [1.165, 1.54) is 17.9 Å². The maximum atomic E-state index is 5.87. The third kappa shape index (κ3) is 3.30. The van der Waals surface area contributed by atoms with Crippen molar-refractivity contribution in [2.75, 3.05) is 30.5 Å². The number of hydrogen-bond donors (Lipinski definition) is 2.